The van der Waals surface area contributed by atoms with Crippen LogP contribution in [0.4, 0.5) is 11.4 Å². The van der Waals surface area contributed by atoms with Crippen molar-refractivity contribution in [1.82, 2.24) is 5.32 Å². The molecule has 1 aromatic rings. The molecule has 88 valence electrons. The summed E-state index contributed by atoms with van der Waals surface area (Å²) in [5, 5.41) is 6.27. The molecule has 1 aromatic carbocycles. The smallest absolute Gasteiger partial charge is 0.223 e. The van der Waals surface area contributed by atoms with Crippen molar-refractivity contribution in [3.8, 4) is 0 Å². The largest absolute Gasteiger partial charge is 0.372 e. The number of rotatable bonds is 4. The minimum Gasteiger partial charge on any atom is -0.372 e. The summed E-state index contributed by atoms with van der Waals surface area (Å²) in [6.07, 6.45) is 0. The van der Waals surface area contributed by atoms with Gasteiger partial charge in [-0.3, -0.25) is 4.79 Å². The first kappa shape index (κ1) is 12.5. The number of nitrogens with zero attached hydrogens (tertiary/aromatic N) is 1. The van der Waals surface area contributed by atoms with Crippen LogP contribution in [0.25, 0.3) is 0 Å². The van der Waals surface area contributed by atoms with Gasteiger partial charge in [-0.1, -0.05) is 6.07 Å². The Hall–Kier alpha value is -1.55. The van der Waals surface area contributed by atoms with E-state index in [4.69, 9.17) is 0 Å². The number of nitrogens with one attached hydrogen (secondary N) is 2. The number of amides is 1. The van der Waals surface area contributed by atoms with Gasteiger partial charge in [-0.25, -0.2) is 0 Å². The summed E-state index contributed by atoms with van der Waals surface area (Å²) >= 11 is 0. The Labute approximate surface area is 96.6 Å². The summed E-state index contributed by atoms with van der Waals surface area (Å²) in [4.78, 5) is 12.9. The molecular weight excluding hydrogens is 202 g/mol. The Morgan fingerprint density at radius 1 is 1.44 bits per heavy atom. The fourth-order valence-electron chi connectivity index (χ4n) is 1.37. The van der Waals surface area contributed by atoms with Crippen LogP contribution in [0.3, 0.4) is 0 Å². The number of aryl methyl sites for hydroxylation is 1. The first-order chi connectivity index (χ1) is 7.56. The van der Waals surface area contributed by atoms with Crippen LogP contribution in [-0.2, 0) is 4.79 Å². The molecule has 4 heteroatoms. The number of anilines is 2. The van der Waals surface area contributed by atoms with Gasteiger partial charge < -0.3 is 15.5 Å². The lowest BCUT2D eigenvalue weighted by Crippen LogP contribution is -2.23. The highest BCUT2D eigenvalue weighted by Crippen LogP contribution is 2.22. The average Bonchev–Trinajstić information content (AvgIpc) is 2.27. The molecule has 0 saturated carbocycles. The number of carbonyl (C=O) groups excluding carboxylic acids is 1. The molecule has 2 N–H and O–H groups in total. The summed E-state index contributed by atoms with van der Waals surface area (Å²) in [6.45, 7) is 4.30. The molecule has 0 bridgehead atoms. The first-order valence-electron chi connectivity index (χ1n) is 5.29. The third-order valence-corrected chi connectivity index (χ3v) is 2.54. The Morgan fingerprint density at radius 3 is 2.69 bits per heavy atom. The van der Waals surface area contributed by atoms with Gasteiger partial charge in [-0.15, -0.1) is 0 Å². The van der Waals surface area contributed by atoms with Gasteiger partial charge in [0, 0.05) is 25.3 Å². The maximum absolute atomic E-state index is 11.2. The molecule has 0 saturated heterocycles. The Kier molecular flexibility index (Phi) is 4.31. The maximum Gasteiger partial charge on any atom is 0.223 e. The zero-order valence-electron chi connectivity index (χ0n) is 10.3. The van der Waals surface area contributed by atoms with E-state index < -0.39 is 0 Å². The normalized spacial score (nSPS) is 10.0. The minimum atomic E-state index is 0.0309. The standard InChI is InChI=1S/C12H19N3O/c1-9-5-6-11(15(4)10(2)16)7-12(9)14-8-13-3/h5-7,13-14H,8H2,1-4H3. The van der Waals surface area contributed by atoms with Crippen LogP contribution >= 0.6 is 0 Å². The third-order valence-electron chi connectivity index (χ3n) is 2.54. The zero-order chi connectivity index (χ0) is 12.1. The molecule has 16 heavy (non-hydrogen) atoms. The monoisotopic (exact) mass is 221 g/mol. The molecule has 1 rings (SSSR count). The van der Waals surface area contributed by atoms with Gasteiger partial charge in [0.15, 0.2) is 0 Å². The average molecular weight is 221 g/mol. The molecule has 0 atom stereocenters. The molecule has 0 aliphatic heterocycles. The zero-order valence-corrected chi connectivity index (χ0v) is 10.3. The first-order valence-corrected chi connectivity index (χ1v) is 5.29. The van der Waals surface area contributed by atoms with E-state index in [-0.39, 0.29) is 5.91 Å². The van der Waals surface area contributed by atoms with E-state index in [9.17, 15) is 4.79 Å². The second-order valence-corrected chi connectivity index (χ2v) is 3.78. The van der Waals surface area contributed by atoms with Gasteiger partial charge >= 0.3 is 0 Å². The van der Waals surface area contributed by atoms with Crippen molar-refractivity contribution >= 4 is 17.3 Å². The van der Waals surface area contributed by atoms with Crippen LogP contribution in [-0.4, -0.2) is 26.7 Å². The van der Waals surface area contributed by atoms with Crippen molar-refractivity contribution in [2.24, 2.45) is 0 Å². The van der Waals surface area contributed by atoms with Gasteiger partial charge in [0.2, 0.25) is 5.91 Å². The number of carbonyl (C=O) groups is 1. The number of hydrogen-bond donors (Lipinski definition) is 2. The maximum atomic E-state index is 11.2. The summed E-state index contributed by atoms with van der Waals surface area (Å²) in [5.41, 5.74) is 3.10. The lowest BCUT2D eigenvalue weighted by atomic mass is 10.1. The van der Waals surface area contributed by atoms with Crippen LogP contribution in [0.15, 0.2) is 18.2 Å². The highest BCUT2D eigenvalue weighted by molar-refractivity contribution is 5.91. The molecule has 0 aromatic heterocycles. The Morgan fingerprint density at radius 2 is 2.12 bits per heavy atom. The van der Waals surface area contributed by atoms with Gasteiger partial charge in [-0.05, 0) is 31.7 Å². The van der Waals surface area contributed by atoms with Crippen LogP contribution in [0.2, 0.25) is 0 Å². The predicted molar refractivity (Wildman–Crippen MR) is 67.8 cm³/mol. The van der Waals surface area contributed by atoms with E-state index in [1.54, 1.807) is 18.9 Å². The topological polar surface area (TPSA) is 44.4 Å². The molecule has 0 spiro atoms. The van der Waals surface area contributed by atoms with Crippen molar-refractivity contribution in [3.63, 3.8) is 0 Å². The van der Waals surface area contributed by atoms with Crippen molar-refractivity contribution < 1.29 is 4.79 Å². The van der Waals surface area contributed by atoms with Gasteiger partial charge in [0.1, 0.15) is 0 Å². The minimum absolute atomic E-state index is 0.0309. The quantitative estimate of drug-likeness (QED) is 0.758. The van der Waals surface area contributed by atoms with Crippen molar-refractivity contribution in [2.45, 2.75) is 13.8 Å². The Bertz CT molecular complexity index is 377. The molecule has 0 aliphatic rings. The van der Waals surface area contributed by atoms with Crippen molar-refractivity contribution in [1.29, 1.82) is 0 Å². The number of benzene rings is 1. The lowest BCUT2D eigenvalue weighted by molar-refractivity contribution is -0.116. The second-order valence-electron chi connectivity index (χ2n) is 3.78. The second kappa shape index (κ2) is 5.51. The van der Waals surface area contributed by atoms with E-state index in [1.807, 2.05) is 32.2 Å². The van der Waals surface area contributed by atoms with E-state index in [0.717, 1.165) is 16.9 Å². The molecule has 1 amide bonds. The molecular formula is C12H19N3O. The summed E-state index contributed by atoms with van der Waals surface area (Å²) in [5.74, 6) is 0.0309. The fourth-order valence-corrected chi connectivity index (χ4v) is 1.37. The molecule has 0 heterocycles. The predicted octanol–water partition coefficient (Wildman–Crippen LogP) is 1.57. The summed E-state index contributed by atoms with van der Waals surface area (Å²) in [6, 6.07) is 5.93. The highest BCUT2D eigenvalue weighted by atomic mass is 16.2. The highest BCUT2D eigenvalue weighted by Gasteiger charge is 2.07. The third kappa shape index (κ3) is 2.97. The molecule has 0 unspecified atom stereocenters. The van der Waals surface area contributed by atoms with Gasteiger partial charge in [0.25, 0.3) is 0 Å². The van der Waals surface area contributed by atoms with E-state index in [1.165, 1.54) is 0 Å². The number of hydrogen-bond acceptors (Lipinski definition) is 3. The van der Waals surface area contributed by atoms with Crippen LogP contribution in [0.1, 0.15) is 12.5 Å². The summed E-state index contributed by atoms with van der Waals surface area (Å²) < 4.78 is 0. The van der Waals surface area contributed by atoms with Gasteiger partial charge in [0.05, 0.1) is 6.67 Å². The molecule has 4 nitrogen and oxygen atoms in total. The lowest BCUT2D eigenvalue weighted by Gasteiger charge is -2.17. The van der Waals surface area contributed by atoms with Crippen molar-refractivity contribution in [3.05, 3.63) is 23.8 Å². The molecule has 0 fully saturated rings. The van der Waals surface area contributed by atoms with Crippen molar-refractivity contribution in [2.75, 3.05) is 31.0 Å². The fraction of sp³-hybridized carbons (Fsp3) is 0.417. The van der Waals surface area contributed by atoms with Gasteiger partial charge in [-0.2, -0.15) is 0 Å². The summed E-state index contributed by atoms with van der Waals surface area (Å²) in [7, 11) is 3.66. The SMILES string of the molecule is CNCNc1cc(N(C)C(C)=O)ccc1C. The van der Waals surface area contributed by atoms with Crippen LogP contribution in [0, 0.1) is 6.92 Å². The van der Waals surface area contributed by atoms with E-state index in [0.29, 0.717) is 6.67 Å². The van der Waals surface area contributed by atoms with Crippen LogP contribution in [0.5, 0.6) is 0 Å². The Balaban J connectivity index is 2.92. The molecule has 0 radical (unpaired) electrons. The van der Waals surface area contributed by atoms with Crippen LogP contribution < -0.4 is 15.5 Å². The molecule has 0 aliphatic carbocycles. The van der Waals surface area contributed by atoms with E-state index >= 15 is 0 Å². The van der Waals surface area contributed by atoms with E-state index in [2.05, 4.69) is 10.6 Å².